The molecule has 9 saturated heterocycles. The summed E-state index contributed by atoms with van der Waals surface area (Å²) in [6.07, 6.45) is 0. The van der Waals surface area contributed by atoms with E-state index in [1.165, 1.54) is 0 Å². The molecule has 9 aliphatic heterocycles. The first kappa shape index (κ1) is 28.9. The summed E-state index contributed by atoms with van der Waals surface area (Å²) in [4.78, 5) is 36.9. The first-order valence-corrected chi connectivity index (χ1v) is 18.8. The molecule has 40 heavy (non-hydrogen) atoms. The van der Waals surface area contributed by atoms with Gasteiger partial charge in [-0.15, -0.1) is 0 Å². The van der Waals surface area contributed by atoms with Crippen molar-refractivity contribution in [3.05, 3.63) is 30.3 Å². The van der Waals surface area contributed by atoms with Crippen LogP contribution in [0.1, 0.15) is 0 Å². The molecular formula is C21H29O15P3Si. The number of benzene rings is 1. The SMILES string of the molecule is [O-][P+]12OCC(CO[Si](OCC34CO[P+]([O-])(OC3)OC4)(OCC34CO[P+]([O-])(OC3)OC4)c3ccccc3)(CO1)CO2. The molecule has 0 atom stereocenters. The highest BCUT2D eigenvalue weighted by Gasteiger charge is 2.61. The van der Waals surface area contributed by atoms with Crippen molar-refractivity contribution in [1.82, 2.24) is 0 Å². The van der Waals surface area contributed by atoms with Crippen LogP contribution in [0.3, 0.4) is 0 Å². The van der Waals surface area contributed by atoms with Gasteiger partial charge in [0, 0.05) is 5.19 Å². The van der Waals surface area contributed by atoms with Crippen LogP contribution < -0.4 is 19.9 Å². The number of phosphoric ester groups is 3. The lowest BCUT2D eigenvalue weighted by Crippen LogP contribution is -2.64. The van der Waals surface area contributed by atoms with Crippen molar-refractivity contribution < 1.29 is 68.7 Å². The summed E-state index contributed by atoms with van der Waals surface area (Å²) in [5, 5.41) is 0.666. The zero-order chi connectivity index (χ0) is 27.6. The molecule has 0 spiro atoms. The van der Waals surface area contributed by atoms with Gasteiger partial charge in [-0.25, -0.2) is 0 Å². The summed E-state index contributed by atoms with van der Waals surface area (Å²) in [6.45, 7) is 1.20. The third-order valence-electron chi connectivity index (χ3n) is 7.59. The van der Waals surface area contributed by atoms with Gasteiger partial charge in [-0.05, 0) is 0 Å². The van der Waals surface area contributed by atoms with Crippen LogP contribution in [-0.2, 0) is 54.0 Å². The summed E-state index contributed by atoms with van der Waals surface area (Å²) in [5.74, 6) is 0. The minimum Gasteiger partial charge on any atom is -0.606 e. The lowest BCUT2D eigenvalue weighted by atomic mass is 9.93. The molecule has 9 fully saturated rings. The molecule has 19 heteroatoms. The smallest absolute Gasteiger partial charge is 0.537 e. The van der Waals surface area contributed by atoms with Crippen molar-refractivity contribution >= 4 is 38.5 Å². The molecule has 10 rings (SSSR count). The largest absolute Gasteiger partial charge is 0.606 e. The van der Waals surface area contributed by atoms with Gasteiger partial charge in [0.15, 0.2) is 0 Å². The topological polar surface area (TPSA) is 180 Å². The van der Waals surface area contributed by atoms with E-state index in [0.29, 0.717) is 5.19 Å². The summed E-state index contributed by atoms with van der Waals surface area (Å²) >= 11 is 0. The Bertz CT molecular complexity index is 924. The van der Waals surface area contributed by atoms with E-state index in [2.05, 4.69) is 0 Å². The molecule has 0 radical (unpaired) electrons. The second-order valence-corrected chi connectivity index (χ2v) is 18.7. The third kappa shape index (κ3) is 5.46. The van der Waals surface area contributed by atoms with E-state index in [0.717, 1.165) is 0 Å². The zero-order valence-electron chi connectivity index (χ0n) is 21.3. The van der Waals surface area contributed by atoms with Gasteiger partial charge in [0.1, 0.15) is 59.5 Å². The van der Waals surface area contributed by atoms with Gasteiger partial charge < -0.3 is 28.0 Å². The van der Waals surface area contributed by atoms with Gasteiger partial charge in [0.05, 0.1) is 36.1 Å². The molecule has 0 unspecified atom stereocenters. The monoisotopic (exact) mass is 642 g/mol. The van der Waals surface area contributed by atoms with Crippen molar-refractivity contribution in [2.45, 2.75) is 0 Å². The van der Waals surface area contributed by atoms with Crippen LogP contribution in [0, 0.1) is 16.2 Å². The molecule has 9 heterocycles. The predicted octanol–water partition coefficient (Wildman–Crippen LogP) is -0.814. The quantitative estimate of drug-likeness (QED) is 0.228. The summed E-state index contributed by atoms with van der Waals surface area (Å²) in [7, 11) is -14.4. The first-order chi connectivity index (χ1) is 19.1. The first-order valence-electron chi connectivity index (χ1n) is 12.7. The van der Waals surface area contributed by atoms with E-state index in [1.54, 1.807) is 0 Å². The number of rotatable bonds is 10. The van der Waals surface area contributed by atoms with Crippen LogP contribution in [0.4, 0.5) is 0 Å². The van der Waals surface area contributed by atoms with Gasteiger partial charge in [0.2, 0.25) is 0 Å². The van der Waals surface area contributed by atoms with E-state index >= 15 is 0 Å². The second kappa shape index (κ2) is 10.4. The number of hydrogen-bond acceptors (Lipinski definition) is 15. The number of phosphoric acid groups is 3. The second-order valence-electron chi connectivity index (χ2n) is 11.1. The highest BCUT2D eigenvalue weighted by molar-refractivity contribution is 7.54. The van der Waals surface area contributed by atoms with Crippen LogP contribution in [0.15, 0.2) is 30.3 Å². The van der Waals surface area contributed by atoms with Gasteiger partial charge >= 0.3 is 33.3 Å². The van der Waals surface area contributed by atoms with E-state index in [4.69, 9.17) is 54.0 Å². The Labute approximate surface area is 233 Å². The van der Waals surface area contributed by atoms with Crippen LogP contribution in [0.5, 0.6) is 0 Å². The Morgan fingerprint density at radius 3 is 1.07 bits per heavy atom. The Balaban J connectivity index is 1.16. The fourth-order valence-electron chi connectivity index (χ4n) is 4.79. The fourth-order valence-corrected chi connectivity index (χ4v) is 12.2. The zero-order valence-corrected chi connectivity index (χ0v) is 25.0. The molecule has 15 nitrogen and oxygen atoms in total. The minimum absolute atomic E-state index is 0.0471. The average Bonchev–Trinajstić information content (AvgIpc) is 3.00. The molecule has 0 aliphatic carbocycles. The van der Waals surface area contributed by atoms with Crippen LogP contribution in [-0.4, -0.2) is 88.1 Å². The molecule has 9 aliphatic rings. The summed E-state index contributed by atoms with van der Waals surface area (Å²) in [6, 6.07) is 9.23. The summed E-state index contributed by atoms with van der Waals surface area (Å²) < 4.78 is 68.2. The van der Waals surface area contributed by atoms with E-state index in [-0.39, 0.29) is 79.3 Å². The number of hydrogen-bond donors (Lipinski definition) is 0. The molecule has 0 saturated carbocycles. The van der Waals surface area contributed by atoms with Crippen LogP contribution in [0.2, 0.25) is 0 Å². The van der Waals surface area contributed by atoms with Gasteiger partial charge in [-0.1, -0.05) is 30.3 Å². The average molecular weight is 642 g/mol. The predicted molar refractivity (Wildman–Crippen MR) is 131 cm³/mol. The van der Waals surface area contributed by atoms with Gasteiger partial charge in [0.25, 0.3) is 0 Å². The molecule has 1 aromatic rings. The van der Waals surface area contributed by atoms with E-state index in [1.807, 2.05) is 30.3 Å². The normalized spacial score (nSPS) is 45.5. The Hall–Kier alpha value is 0.127. The molecular weight excluding hydrogens is 613 g/mol. The molecule has 6 bridgehead atoms. The Morgan fingerprint density at radius 1 is 0.525 bits per heavy atom. The van der Waals surface area contributed by atoms with Crippen molar-refractivity contribution in [2.75, 3.05) is 79.3 Å². The fraction of sp³-hybridized carbons (Fsp3) is 0.714. The third-order valence-corrected chi connectivity index (χ3v) is 14.2. The van der Waals surface area contributed by atoms with Crippen molar-refractivity contribution in [2.24, 2.45) is 16.2 Å². The lowest BCUT2D eigenvalue weighted by molar-refractivity contribution is -0.291. The number of fused-ring (bicyclic) bond motifs is 9. The highest BCUT2D eigenvalue weighted by atomic mass is 31.2. The standard InChI is InChI=1S/C21H29O15P3Si/c22-37-25-6-19(7-26-37,8-27-37)15-34-40(18-4-2-1-3-5-18,35-16-20-9-28-38(23,29-10-20)30-11-20)36-17-21-12-31-39(24,32-13-21)33-14-21/h1-5H,6-17H2. The van der Waals surface area contributed by atoms with Crippen molar-refractivity contribution in [3.63, 3.8) is 0 Å². The lowest BCUT2D eigenvalue weighted by Gasteiger charge is -2.48. The highest BCUT2D eigenvalue weighted by Crippen LogP contribution is 2.65. The Kier molecular flexibility index (Phi) is 7.47. The summed E-state index contributed by atoms with van der Waals surface area (Å²) in [5.41, 5.74) is -2.21. The van der Waals surface area contributed by atoms with Crippen LogP contribution >= 0.6 is 24.5 Å². The molecule has 222 valence electrons. The molecule has 0 aromatic heterocycles. The maximum Gasteiger partial charge on any atom is 0.537 e. The van der Waals surface area contributed by atoms with Crippen LogP contribution in [0.25, 0.3) is 0 Å². The maximum atomic E-state index is 12.3. The van der Waals surface area contributed by atoms with E-state index < -0.39 is 49.6 Å². The molecule has 1 aromatic carbocycles. The maximum absolute atomic E-state index is 12.3. The van der Waals surface area contributed by atoms with Gasteiger partial charge in [-0.2, -0.15) is 40.7 Å². The molecule has 0 amide bonds. The Morgan fingerprint density at radius 2 is 0.800 bits per heavy atom. The minimum atomic E-state index is -3.82. The van der Waals surface area contributed by atoms with E-state index in [9.17, 15) is 14.7 Å². The van der Waals surface area contributed by atoms with Gasteiger partial charge in [-0.3, -0.25) is 0 Å². The van der Waals surface area contributed by atoms with Crippen molar-refractivity contribution in [1.29, 1.82) is 0 Å². The molecule has 0 N–H and O–H groups in total. The van der Waals surface area contributed by atoms with Crippen molar-refractivity contribution in [3.8, 4) is 0 Å².